The first-order chi connectivity index (χ1) is 8.70. The average molecular weight is 297 g/mol. The smallest absolute Gasteiger partial charge is 0.382 e. The lowest BCUT2D eigenvalue weighted by Gasteiger charge is -2.11. The molecule has 1 N–H and O–H groups in total. The highest BCUT2D eigenvalue weighted by molar-refractivity contribution is 7.90. The van der Waals surface area contributed by atoms with Crippen molar-refractivity contribution in [1.82, 2.24) is 0 Å². The third kappa shape index (κ3) is 5.93. The molecule has 4 nitrogen and oxygen atoms in total. The summed E-state index contributed by atoms with van der Waals surface area (Å²) in [6, 6.07) is 6.17. The molecule has 0 spiro atoms. The SMILES string of the molecule is CS(=O)(=O)c1ccccc1NCCOCC(F)(F)F. The minimum Gasteiger partial charge on any atom is -0.382 e. The van der Waals surface area contributed by atoms with Crippen molar-refractivity contribution < 1.29 is 26.3 Å². The predicted molar refractivity (Wildman–Crippen MR) is 64.9 cm³/mol. The number of hydrogen-bond acceptors (Lipinski definition) is 4. The molecular weight excluding hydrogens is 283 g/mol. The average Bonchev–Trinajstić information content (AvgIpc) is 2.26. The Kier molecular flexibility index (Phi) is 5.19. The van der Waals surface area contributed by atoms with Crippen LogP contribution in [-0.4, -0.2) is 40.6 Å². The third-order valence-electron chi connectivity index (χ3n) is 2.11. The number of rotatable bonds is 6. The molecule has 0 unspecified atom stereocenters. The summed E-state index contributed by atoms with van der Waals surface area (Å²) in [5.74, 6) is 0. The summed E-state index contributed by atoms with van der Waals surface area (Å²) >= 11 is 0. The summed E-state index contributed by atoms with van der Waals surface area (Å²) in [5, 5.41) is 2.73. The van der Waals surface area contributed by atoms with Crippen LogP contribution in [0.1, 0.15) is 0 Å². The molecule has 1 aromatic carbocycles. The molecule has 0 heterocycles. The highest BCUT2D eigenvalue weighted by Crippen LogP contribution is 2.20. The number of para-hydroxylation sites is 1. The van der Waals surface area contributed by atoms with E-state index < -0.39 is 22.6 Å². The van der Waals surface area contributed by atoms with Crippen molar-refractivity contribution in [3.05, 3.63) is 24.3 Å². The number of alkyl halides is 3. The van der Waals surface area contributed by atoms with Gasteiger partial charge in [0, 0.05) is 12.8 Å². The van der Waals surface area contributed by atoms with Gasteiger partial charge in [0.1, 0.15) is 6.61 Å². The summed E-state index contributed by atoms with van der Waals surface area (Å²) in [7, 11) is -3.38. The number of nitrogens with one attached hydrogen (secondary N) is 1. The van der Waals surface area contributed by atoms with E-state index in [0.717, 1.165) is 6.26 Å². The van der Waals surface area contributed by atoms with E-state index in [0.29, 0.717) is 5.69 Å². The Labute approximate surface area is 109 Å². The van der Waals surface area contributed by atoms with Crippen molar-refractivity contribution in [2.24, 2.45) is 0 Å². The Morgan fingerprint density at radius 1 is 1.26 bits per heavy atom. The van der Waals surface area contributed by atoms with Gasteiger partial charge in [-0.1, -0.05) is 12.1 Å². The fraction of sp³-hybridized carbons (Fsp3) is 0.455. The van der Waals surface area contributed by atoms with Crippen LogP contribution >= 0.6 is 0 Å². The second-order valence-electron chi connectivity index (χ2n) is 3.86. The molecule has 8 heteroatoms. The van der Waals surface area contributed by atoms with Gasteiger partial charge in [0.15, 0.2) is 9.84 Å². The first-order valence-electron chi connectivity index (χ1n) is 5.37. The largest absolute Gasteiger partial charge is 0.411 e. The van der Waals surface area contributed by atoms with E-state index in [2.05, 4.69) is 10.1 Å². The summed E-state index contributed by atoms with van der Waals surface area (Å²) in [6.07, 6.45) is -3.29. The fourth-order valence-corrected chi connectivity index (χ4v) is 2.25. The van der Waals surface area contributed by atoms with Crippen molar-refractivity contribution in [3.8, 4) is 0 Å². The Hall–Kier alpha value is -1.28. The molecule has 0 amide bonds. The Balaban J connectivity index is 2.51. The number of anilines is 1. The minimum absolute atomic E-state index is 0.0859. The molecule has 19 heavy (non-hydrogen) atoms. The molecule has 0 aliphatic heterocycles. The van der Waals surface area contributed by atoms with E-state index in [4.69, 9.17) is 0 Å². The van der Waals surface area contributed by atoms with Crippen LogP contribution in [0.15, 0.2) is 29.2 Å². The van der Waals surface area contributed by atoms with Crippen LogP contribution in [0.5, 0.6) is 0 Å². The van der Waals surface area contributed by atoms with Gasteiger partial charge in [0.25, 0.3) is 0 Å². The standard InChI is InChI=1S/C11H14F3NO3S/c1-19(16,17)10-5-3-2-4-9(10)15-6-7-18-8-11(12,13)14/h2-5,15H,6-8H2,1H3. The highest BCUT2D eigenvalue weighted by atomic mass is 32.2. The molecule has 0 aromatic heterocycles. The lowest BCUT2D eigenvalue weighted by Crippen LogP contribution is -2.20. The van der Waals surface area contributed by atoms with Crippen molar-refractivity contribution in [1.29, 1.82) is 0 Å². The van der Waals surface area contributed by atoms with Crippen LogP contribution in [0.4, 0.5) is 18.9 Å². The number of benzene rings is 1. The maximum atomic E-state index is 11.8. The molecule has 0 bridgehead atoms. The summed E-state index contributed by atoms with van der Waals surface area (Å²) in [6.45, 7) is -1.40. The minimum atomic E-state index is -4.36. The van der Waals surface area contributed by atoms with Crippen LogP contribution in [-0.2, 0) is 14.6 Å². The molecule has 0 atom stereocenters. The van der Waals surface area contributed by atoms with Gasteiger partial charge in [-0.3, -0.25) is 0 Å². The van der Waals surface area contributed by atoms with Gasteiger partial charge < -0.3 is 10.1 Å². The van der Waals surface area contributed by atoms with Gasteiger partial charge >= 0.3 is 6.18 Å². The van der Waals surface area contributed by atoms with Gasteiger partial charge in [-0.25, -0.2) is 8.42 Å². The lowest BCUT2D eigenvalue weighted by molar-refractivity contribution is -0.172. The van der Waals surface area contributed by atoms with E-state index in [1.54, 1.807) is 18.2 Å². The topological polar surface area (TPSA) is 55.4 Å². The number of ether oxygens (including phenoxy) is 1. The molecule has 0 aliphatic carbocycles. The van der Waals surface area contributed by atoms with Gasteiger partial charge in [0.2, 0.25) is 0 Å². The monoisotopic (exact) mass is 297 g/mol. The number of sulfone groups is 1. The van der Waals surface area contributed by atoms with Crippen molar-refractivity contribution in [2.45, 2.75) is 11.1 Å². The van der Waals surface area contributed by atoms with E-state index >= 15 is 0 Å². The highest BCUT2D eigenvalue weighted by Gasteiger charge is 2.27. The maximum Gasteiger partial charge on any atom is 0.411 e. The fourth-order valence-electron chi connectivity index (χ4n) is 1.38. The van der Waals surface area contributed by atoms with Crippen LogP contribution in [0.25, 0.3) is 0 Å². The molecular formula is C11H14F3NO3S. The van der Waals surface area contributed by atoms with Crippen LogP contribution in [0.3, 0.4) is 0 Å². The first kappa shape index (κ1) is 15.8. The third-order valence-corrected chi connectivity index (χ3v) is 3.27. The van der Waals surface area contributed by atoms with Gasteiger partial charge in [-0.2, -0.15) is 13.2 Å². The zero-order chi connectivity index (χ0) is 14.5. The van der Waals surface area contributed by atoms with Crippen molar-refractivity contribution in [2.75, 3.05) is 31.3 Å². The molecule has 0 saturated heterocycles. The summed E-state index contributed by atoms with van der Waals surface area (Å²) in [5.41, 5.74) is 0.348. The normalized spacial score (nSPS) is 12.4. The molecule has 0 radical (unpaired) electrons. The summed E-state index contributed by atoms with van der Waals surface area (Å²) < 4.78 is 62.7. The lowest BCUT2D eigenvalue weighted by atomic mass is 10.3. The van der Waals surface area contributed by atoms with Crippen molar-refractivity contribution in [3.63, 3.8) is 0 Å². The van der Waals surface area contributed by atoms with Crippen LogP contribution in [0.2, 0.25) is 0 Å². The first-order valence-corrected chi connectivity index (χ1v) is 7.27. The Morgan fingerprint density at radius 2 is 1.89 bits per heavy atom. The zero-order valence-corrected chi connectivity index (χ0v) is 11.0. The maximum absolute atomic E-state index is 11.8. The van der Waals surface area contributed by atoms with Gasteiger partial charge in [0.05, 0.1) is 17.2 Å². The van der Waals surface area contributed by atoms with Crippen molar-refractivity contribution >= 4 is 15.5 Å². The van der Waals surface area contributed by atoms with Crippen LogP contribution in [0, 0.1) is 0 Å². The number of halogens is 3. The Bertz CT molecular complexity index is 514. The van der Waals surface area contributed by atoms with E-state index in [1.807, 2.05) is 0 Å². The Morgan fingerprint density at radius 3 is 2.47 bits per heavy atom. The molecule has 108 valence electrons. The van der Waals surface area contributed by atoms with E-state index in [9.17, 15) is 21.6 Å². The quantitative estimate of drug-likeness (QED) is 0.817. The summed E-state index contributed by atoms with van der Waals surface area (Å²) in [4.78, 5) is 0.103. The van der Waals surface area contributed by atoms with Gasteiger partial charge in [-0.15, -0.1) is 0 Å². The molecule has 1 aromatic rings. The number of hydrogen-bond donors (Lipinski definition) is 1. The molecule has 1 rings (SSSR count). The van der Waals surface area contributed by atoms with Gasteiger partial charge in [-0.05, 0) is 12.1 Å². The second kappa shape index (κ2) is 6.25. The second-order valence-corrected chi connectivity index (χ2v) is 5.85. The predicted octanol–water partition coefficient (Wildman–Crippen LogP) is 2.08. The molecule has 0 aliphatic rings. The van der Waals surface area contributed by atoms with Crippen LogP contribution < -0.4 is 5.32 Å². The van der Waals surface area contributed by atoms with E-state index in [-0.39, 0.29) is 18.0 Å². The van der Waals surface area contributed by atoms with E-state index in [1.165, 1.54) is 6.07 Å². The zero-order valence-electron chi connectivity index (χ0n) is 10.2. The molecule has 0 fully saturated rings. The molecule has 0 saturated carbocycles.